The minimum atomic E-state index is -0.495. The molecule has 0 rings (SSSR count). The van der Waals surface area contributed by atoms with Gasteiger partial charge in [0.1, 0.15) is 6.61 Å². The molecule has 0 saturated heterocycles. The van der Waals surface area contributed by atoms with Gasteiger partial charge in [-0.15, -0.1) is 12.6 Å². The van der Waals surface area contributed by atoms with Crippen LogP contribution in [0, 0.1) is 0 Å². The molecule has 0 atom stereocenters. The molecule has 0 aromatic carbocycles. The largest absolute Gasteiger partial charge is 1.00 e. The van der Waals surface area contributed by atoms with Gasteiger partial charge in [0.15, 0.2) is 0 Å². The molecule has 0 unspecified atom stereocenters. The smallest absolute Gasteiger partial charge is 1.00 e. The van der Waals surface area contributed by atoms with E-state index in [-0.39, 0.29) is 31.0 Å². The van der Waals surface area contributed by atoms with Gasteiger partial charge in [-0.05, 0) is 0 Å². The van der Waals surface area contributed by atoms with Crippen molar-refractivity contribution in [3.8, 4) is 0 Å². The zero-order valence-electron chi connectivity index (χ0n) is 4.51. The molecule has 6 heavy (non-hydrogen) atoms. The van der Waals surface area contributed by atoms with Gasteiger partial charge in [-0.2, -0.15) is 0 Å². The first-order chi connectivity index (χ1) is 2.27. The first kappa shape index (κ1) is 10.1. The molecule has 0 aromatic heterocycles. The van der Waals surface area contributed by atoms with Gasteiger partial charge in [0.25, 0.3) is 0 Å². The molecule has 4 heteroatoms. The predicted octanol–water partition coefficient (Wildman–Crippen LogP) is -3.45. The van der Waals surface area contributed by atoms with Gasteiger partial charge < -0.3 is 6.53 Å². The van der Waals surface area contributed by atoms with Gasteiger partial charge in [-0.25, -0.2) is 0 Å². The molecule has 0 radical (unpaired) electrons. The Morgan fingerprint density at radius 2 is 2.17 bits per heavy atom. The molecule has 0 bridgehead atoms. The Hall–Kier alpha value is 0.980. The molecule has 0 aliphatic carbocycles. The van der Waals surface area contributed by atoms with E-state index in [0.717, 1.165) is 0 Å². The monoisotopic (exact) mass is 116 g/mol. The molecule has 0 amide bonds. The quantitative estimate of drug-likeness (QED) is 0.276. The average Bonchev–Trinajstić information content (AvgIpc) is 1.38. The molecule has 0 saturated carbocycles. The number of hydrogen-bond acceptors (Lipinski definition) is 2. The summed E-state index contributed by atoms with van der Waals surface area (Å²) in [6.45, 7) is -0.469. The third kappa shape index (κ3) is 8.88. The van der Waals surface area contributed by atoms with Crippen LogP contribution in [0.5, 0.6) is 0 Å². The van der Waals surface area contributed by atoms with Crippen LogP contribution in [0.15, 0.2) is 0 Å². The van der Waals surface area contributed by atoms with Crippen LogP contribution in [0.25, 0.3) is 0 Å². The number of carbonyl (C=O) groups excluding carboxylic acids is 1. The van der Waals surface area contributed by atoms with Gasteiger partial charge in [-0.1, -0.05) is 0 Å². The summed E-state index contributed by atoms with van der Waals surface area (Å²) in [6.07, 6.45) is 0. The van der Waals surface area contributed by atoms with Crippen LogP contribution in [0.4, 0.5) is 0 Å². The molecular formula is C2H5NaO2S. The van der Waals surface area contributed by atoms with Gasteiger partial charge in [0.2, 0.25) is 5.12 Å². The van der Waals surface area contributed by atoms with E-state index < -0.39 is 11.7 Å². The van der Waals surface area contributed by atoms with Crippen LogP contribution in [-0.4, -0.2) is 16.8 Å². The maximum absolute atomic E-state index is 9.43. The normalized spacial score (nSPS) is 6.33. The molecule has 0 aliphatic rings. The second kappa shape index (κ2) is 5.98. The van der Waals surface area contributed by atoms with Crippen molar-refractivity contribution in [1.82, 2.24) is 0 Å². The molecule has 1 N–H and O–H groups in total. The van der Waals surface area contributed by atoms with Crippen LogP contribution >= 0.6 is 12.6 Å². The van der Waals surface area contributed by atoms with E-state index in [9.17, 15) is 4.79 Å². The second-order valence-corrected chi connectivity index (χ2v) is 1.05. The van der Waals surface area contributed by atoms with E-state index in [2.05, 4.69) is 12.6 Å². The van der Waals surface area contributed by atoms with Crippen LogP contribution in [0.1, 0.15) is 1.43 Å². The fourth-order valence-corrected chi connectivity index (χ4v) is 0. The van der Waals surface area contributed by atoms with Crippen LogP contribution in [0.3, 0.4) is 0 Å². The zero-order chi connectivity index (χ0) is 4.28. The summed E-state index contributed by atoms with van der Waals surface area (Å²) < 4.78 is 0. The van der Waals surface area contributed by atoms with Crippen molar-refractivity contribution in [2.45, 2.75) is 0 Å². The first-order valence-corrected chi connectivity index (χ1v) is 1.54. The summed E-state index contributed by atoms with van der Waals surface area (Å²) in [5.74, 6) is 0. The van der Waals surface area contributed by atoms with E-state index in [0.29, 0.717) is 0 Å². The molecule has 32 valence electrons. The van der Waals surface area contributed by atoms with E-state index in [1.165, 1.54) is 0 Å². The number of rotatable bonds is 1. The van der Waals surface area contributed by atoms with Crippen molar-refractivity contribution < 1.29 is 40.9 Å². The molecule has 0 heterocycles. The molecule has 0 fully saturated rings. The minimum absolute atomic E-state index is 0. The maximum Gasteiger partial charge on any atom is 1.00 e. The summed E-state index contributed by atoms with van der Waals surface area (Å²) in [6, 6.07) is 0. The number of thiol groups is 1. The summed E-state index contributed by atoms with van der Waals surface area (Å²) in [4.78, 5) is 9.43. The minimum Gasteiger partial charge on any atom is -1.00 e. The second-order valence-electron chi connectivity index (χ2n) is 0.552. The van der Waals surface area contributed by atoms with Gasteiger partial charge >= 0.3 is 29.6 Å². The van der Waals surface area contributed by atoms with Gasteiger partial charge in [0, 0.05) is 0 Å². The zero-order valence-corrected chi connectivity index (χ0v) is 6.40. The SMILES string of the molecule is O=C(S)CO.[H-].[Na+]. The molecule has 0 aromatic rings. The van der Waals surface area contributed by atoms with Crippen LogP contribution in [0.2, 0.25) is 0 Å². The predicted molar refractivity (Wildman–Crippen MR) is 22.2 cm³/mol. The summed E-state index contributed by atoms with van der Waals surface area (Å²) in [5, 5.41) is 7.22. The number of aliphatic hydroxyl groups excluding tert-OH is 1. The fraction of sp³-hybridized carbons (Fsp3) is 0.500. The number of hydrogen-bond donors (Lipinski definition) is 2. The van der Waals surface area contributed by atoms with E-state index in [1.807, 2.05) is 0 Å². The van der Waals surface area contributed by atoms with Gasteiger partial charge in [0.05, 0.1) is 0 Å². The summed E-state index contributed by atoms with van der Waals surface area (Å²) in [7, 11) is 0. The van der Waals surface area contributed by atoms with Crippen molar-refractivity contribution >= 4 is 17.7 Å². The summed E-state index contributed by atoms with van der Waals surface area (Å²) in [5.41, 5.74) is 0. The standard InChI is InChI=1S/C2H4O2S.Na.H/c3-1-2(4)5;;/h3H,1H2,(H,4,5);;/q;+1;-1. The average molecular weight is 116 g/mol. The van der Waals surface area contributed by atoms with Crippen molar-refractivity contribution in [1.29, 1.82) is 0 Å². The Morgan fingerprint density at radius 1 is 2.00 bits per heavy atom. The maximum atomic E-state index is 9.43. The fourth-order valence-electron chi connectivity index (χ4n) is 0. The Kier molecular flexibility index (Phi) is 10.0. The van der Waals surface area contributed by atoms with E-state index >= 15 is 0 Å². The number of carbonyl (C=O) groups is 1. The van der Waals surface area contributed by atoms with Crippen molar-refractivity contribution in [3.05, 3.63) is 0 Å². The van der Waals surface area contributed by atoms with Crippen LogP contribution in [-0.2, 0) is 4.79 Å². The Balaban J connectivity index is -0.0000000800. The van der Waals surface area contributed by atoms with Gasteiger partial charge in [-0.3, -0.25) is 4.79 Å². The number of aliphatic hydroxyl groups is 1. The molecular weight excluding hydrogens is 111 g/mol. The Labute approximate surface area is 65.1 Å². The van der Waals surface area contributed by atoms with E-state index in [1.54, 1.807) is 0 Å². The Bertz CT molecular complexity index is 51.0. The molecule has 0 spiro atoms. The molecule has 2 nitrogen and oxygen atoms in total. The third-order valence-electron chi connectivity index (χ3n) is 0.135. The van der Waals surface area contributed by atoms with Crippen LogP contribution < -0.4 is 29.6 Å². The van der Waals surface area contributed by atoms with Crippen molar-refractivity contribution in [2.24, 2.45) is 0 Å². The van der Waals surface area contributed by atoms with E-state index in [4.69, 9.17) is 5.11 Å². The molecule has 0 aliphatic heterocycles. The third-order valence-corrected chi connectivity index (χ3v) is 0.277. The topological polar surface area (TPSA) is 37.3 Å². The Morgan fingerprint density at radius 3 is 2.17 bits per heavy atom. The van der Waals surface area contributed by atoms with Crippen molar-refractivity contribution in [2.75, 3.05) is 6.61 Å². The van der Waals surface area contributed by atoms with Crippen molar-refractivity contribution in [3.63, 3.8) is 0 Å². The summed E-state index contributed by atoms with van der Waals surface area (Å²) >= 11 is 3.21. The first-order valence-electron chi connectivity index (χ1n) is 1.10.